The highest BCUT2D eigenvalue weighted by molar-refractivity contribution is 7.71. The monoisotopic (exact) mass is 429 g/mol. The lowest BCUT2D eigenvalue weighted by molar-refractivity contribution is -0.117. The standard InChI is InChI=1S/C20H19N3O6S/c1-26-15-8-13(9-16(10-15)27-2)18-22-23(20(30)29-18)11-17(24)21-14-6-4-5-12(7-14)19(25)28-3/h4-10H,11H2,1-3H3,(H,21,24). The van der Waals surface area contributed by atoms with Gasteiger partial charge in [0.2, 0.25) is 11.8 Å². The highest BCUT2D eigenvalue weighted by atomic mass is 32.1. The van der Waals surface area contributed by atoms with E-state index in [-0.39, 0.29) is 17.3 Å². The van der Waals surface area contributed by atoms with Crippen molar-refractivity contribution in [2.75, 3.05) is 26.6 Å². The van der Waals surface area contributed by atoms with Crippen LogP contribution in [0.2, 0.25) is 0 Å². The Labute approximate surface area is 177 Å². The molecule has 0 radical (unpaired) electrons. The molecule has 9 nitrogen and oxygen atoms in total. The van der Waals surface area contributed by atoms with Gasteiger partial charge in [0, 0.05) is 17.3 Å². The highest BCUT2D eigenvalue weighted by Crippen LogP contribution is 2.29. The van der Waals surface area contributed by atoms with Crippen molar-refractivity contribution in [3.05, 3.63) is 52.9 Å². The summed E-state index contributed by atoms with van der Waals surface area (Å²) in [6.07, 6.45) is 0. The Kier molecular flexibility index (Phi) is 6.48. The molecule has 0 unspecified atom stereocenters. The molecule has 0 aliphatic heterocycles. The van der Waals surface area contributed by atoms with Crippen LogP contribution in [0.15, 0.2) is 46.9 Å². The minimum atomic E-state index is -0.497. The SMILES string of the molecule is COC(=O)c1cccc(NC(=O)Cn2nc(-c3cc(OC)cc(OC)c3)oc2=S)c1. The fraction of sp³-hybridized carbons (Fsp3) is 0.200. The van der Waals surface area contributed by atoms with Crippen LogP contribution >= 0.6 is 12.2 Å². The summed E-state index contributed by atoms with van der Waals surface area (Å²) >= 11 is 5.18. The smallest absolute Gasteiger partial charge is 0.337 e. The second-order valence-corrected chi connectivity index (χ2v) is 6.40. The first-order chi connectivity index (χ1) is 14.4. The maximum Gasteiger partial charge on any atom is 0.337 e. The molecular weight excluding hydrogens is 410 g/mol. The lowest BCUT2D eigenvalue weighted by Gasteiger charge is -2.07. The molecule has 0 spiro atoms. The molecule has 3 aromatic rings. The van der Waals surface area contributed by atoms with Crippen molar-refractivity contribution in [1.82, 2.24) is 9.78 Å². The van der Waals surface area contributed by atoms with Crippen LogP contribution in [-0.2, 0) is 16.1 Å². The first kappa shape index (κ1) is 21.1. The molecule has 2 aromatic carbocycles. The Morgan fingerprint density at radius 1 is 1.10 bits per heavy atom. The molecule has 1 N–H and O–H groups in total. The number of hydrogen-bond donors (Lipinski definition) is 1. The Morgan fingerprint density at radius 3 is 2.43 bits per heavy atom. The van der Waals surface area contributed by atoms with Gasteiger partial charge in [0.25, 0.3) is 4.84 Å². The van der Waals surface area contributed by atoms with Crippen molar-refractivity contribution < 1.29 is 28.2 Å². The topological polar surface area (TPSA) is 105 Å². The van der Waals surface area contributed by atoms with E-state index >= 15 is 0 Å². The Bertz CT molecular complexity index is 1120. The van der Waals surface area contributed by atoms with Gasteiger partial charge >= 0.3 is 5.97 Å². The van der Waals surface area contributed by atoms with Gasteiger partial charge in [-0.05, 0) is 42.5 Å². The van der Waals surface area contributed by atoms with Gasteiger partial charge in [-0.25, -0.2) is 9.48 Å². The first-order valence-corrected chi connectivity index (χ1v) is 9.14. The molecular formula is C20H19N3O6S. The molecule has 0 saturated carbocycles. The van der Waals surface area contributed by atoms with Gasteiger partial charge < -0.3 is 23.9 Å². The molecule has 0 atom stereocenters. The van der Waals surface area contributed by atoms with Gasteiger partial charge in [-0.2, -0.15) is 0 Å². The molecule has 1 heterocycles. The van der Waals surface area contributed by atoms with E-state index in [4.69, 9.17) is 26.1 Å². The van der Waals surface area contributed by atoms with Crippen molar-refractivity contribution >= 4 is 29.8 Å². The summed E-state index contributed by atoms with van der Waals surface area (Å²) < 4.78 is 22.0. The van der Waals surface area contributed by atoms with Crippen molar-refractivity contribution in [3.63, 3.8) is 0 Å². The number of anilines is 1. The van der Waals surface area contributed by atoms with Crippen LogP contribution in [0.3, 0.4) is 0 Å². The van der Waals surface area contributed by atoms with E-state index in [0.29, 0.717) is 28.3 Å². The number of esters is 1. The minimum absolute atomic E-state index is 0.0326. The van der Waals surface area contributed by atoms with Crippen LogP contribution in [0, 0.1) is 4.84 Å². The summed E-state index contributed by atoms with van der Waals surface area (Å²) in [5, 5.41) is 6.96. The summed E-state index contributed by atoms with van der Waals surface area (Å²) in [5.41, 5.74) is 1.35. The molecule has 0 aliphatic rings. The third-order valence-corrected chi connectivity index (χ3v) is 4.36. The summed E-state index contributed by atoms with van der Waals surface area (Å²) in [4.78, 5) is 24.1. The number of aromatic nitrogens is 2. The van der Waals surface area contributed by atoms with Crippen LogP contribution < -0.4 is 14.8 Å². The summed E-state index contributed by atoms with van der Waals surface area (Å²) in [6, 6.07) is 11.5. The highest BCUT2D eigenvalue weighted by Gasteiger charge is 2.14. The molecule has 1 aromatic heterocycles. The van der Waals surface area contributed by atoms with Crippen molar-refractivity contribution in [2.45, 2.75) is 6.54 Å². The number of carbonyl (C=O) groups is 2. The number of carbonyl (C=O) groups excluding carboxylic acids is 2. The van der Waals surface area contributed by atoms with Crippen molar-refractivity contribution in [3.8, 4) is 23.0 Å². The van der Waals surface area contributed by atoms with E-state index in [1.54, 1.807) is 36.4 Å². The maximum atomic E-state index is 12.4. The van der Waals surface area contributed by atoms with Gasteiger partial charge in [0.15, 0.2) is 0 Å². The van der Waals surface area contributed by atoms with Crippen LogP contribution in [0.4, 0.5) is 5.69 Å². The Balaban J connectivity index is 1.77. The fourth-order valence-corrected chi connectivity index (χ4v) is 2.82. The second kappa shape index (κ2) is 9.23. The van der Waals surface area contributed by atoms with Crippen LogP contribution in [0.1, 0.15) is 10.4 Å². The number of hydrogen-bond acceptors (Lipinski definition) is 8. The third-order valence-electron chi connectivity index (χ3n) is 4.07. The molecule has 0 fully saturated rings. The van der Waals surface area contributed by atoms with Gasteiger partial charge in [0.05, 0.1) is 26.9 Å². The number of ether oxygens (including phenoxy) is 3. The largest absolute Gasteiger partial charge is 0.497 e. The molecule has 156 valence electrons. The van der Waals surface area contributed by atoms with Crippen LogP contribution in [-0.4, -0.2) is 43.0 Å². The predicted molar refractivity (Wildman–Crippen MR) is 110 cm³/mol. The lowest BCUT2D eigenvalue weighted by atomic mass is 10.2. The van der Waals surface area contributed by atoms with E-state index < -0.39 is 11.9 Å². The Hall–Kier alpha value is -3.66. The average Bonchev–Trinajstić information content (AvgIpc) is 3.12. The van der Waals surface area contributed by atoms with E-state index in [1.807, 2.05) is 0 Å². The number of nitrogens with zero attached hydrogens (tertiary/aromatic N) is 2. The lowest BCUT2D eigenvalue weighted by Crippen LogP contribution is -2.19. The maximum absolute atomic E-state index is 12.4. The molecule has 1 amide bonds. The number of benzene rings is 2. The number of rotatable bonds is 7. The zero-order chi connectivity index (χ0) is 21.7. The minimum Gasteiger partial charge on any atom is -0.497 e. The first-order valence-electron chi connectivity index (χ1n) is 8.73. The fourth-order valence-electron chi connectivity index (χ4n) is 2.63. The van der Waals surface area contributed by atoms with Gasteiger partial charge in [-0.15, -0.1) is 5.10 Å². The number of methoxy groups -OCH3 is 3. The van der Waals surface area contributed by atoms with Gasteiger partial charge in [-0.3, -0.25) is 4.79 Å². The Morgan fingerprint density at radius 2 is 1.80 bits per heavy atom. The molecule has 0 bridgehead atoms. The van der Waals surface area contributed by atoms with Gasteiger partial charge in [-0.1, -0.05) is 6.07 Å². The van der Waals surface area contributed by atoms with E-state index in [9.17, 15) is 9.59 Å². The van der Waals surface area contributed by atoms with E-state index in [2.05, 4.69) is 15.2 Å². The zero-order valence-corrected chi connectivity index (χ0v) is 17.3. The summed E-state index contributed by atoms with van der Waals surface area (Å²) in [7, 11) is 4.36. The van der Waals surface area contributed by atoms with Gasteiger partial charge in [0.1, 0.15) is 18.0 Å². The number of nitrogens with one attached hydrogen (secondary N) is 1. The normalized spacial score (nSPS) is 10.4. The summed E-state index contributed by atoms with van der Waals surface area (Å²) in [6.45, 7) is -0.175. The molecule has 3 rings (SSSR count). The molecule has 10 heteroatoms. The van der Waals surface area contributed by atoms with Crippen LogP contribution in [0.5, 0.6) is 11.5 Å². The van der Waals surface area contributed by atoms with E-state index in [1.165, 1.54) is 32.1 Å². The molecule has 0 aliphatic carbocycles. The average molecular weight is 429 g/mol. The quantitative estimate of drug-likeness (QED) is 0.451. The summed E-state index contributed by atoms with van der Waals surface area (Å²) in [5.74, 6) is 0.448. The van der Waals surface area contributed by atoms with E-state index in [0.717, 1.165) is 0 Å². The molecule has 0 saturated heterocycles. The van der Waals surface area contributed by atoms with Crippen LogP contribution in [0.25, 0.3) is 11.5 Å². The third kappa shape index (κ3) is 4.84. The van der Waals surface area contributed by atoms with Crippen molar-refractivity contribution in [1.29, 1.82) is 0 Å². The van der Waals surface area contributed by atoms with Crippen molar-refractivity contribution in [2.24, 2.45) is 0 Å². The second-order valence-electron chi connectivity index (χ2n) is 6.05. The number of amides is 1. The molecule has 30 heavy (non-hydrogen) atoms. The predicted octanol–water partition coefficient (Wildman–Crippen LogP) is 3.32. The zero-order valence-electron chi connectivity index (χ0n) is 16.5.